The van der Waals surface area contributed by atoms with E-state index in [1.165, 1.54) is 4.90 Å². The molecular formula is C15H27IN4S. The summed E-state index contributed by atoms with van der Waals surface area (Å²) in [5.74, 6) is 1.92. The summed E-state index contributed by atoms with van der Waals surface area (Å²) in [5.41, 5.74) is 0. The molecule has 0 unspecified atom stereocenters. The van der Waals surface area contributed by atoms with Crippen molar-refractivity contribution < 1.29 is 0 Å². The molecule has 0 saturated carbocycles. The fourth-order valence-electron chi connectivity index (χ4n) is 1.68. The van der Waals surface area contributed by atoms with Gasteiger partial charge in [0, 0.05) is 30.8 Å². The monoisotopic (exact) mass is 422 g/mol. The van der Waals surface area contributed by atoms with E-state index in [1.54, 1.807) is 0 Å². The lowest BCUT2D eigenvalue weighted by Gasteiger charge is -2.13. The van der Waals surface area contributed by atoms with Gasteiger partial charge in [0.2, 0.25) is 0 Å². The fraction of sp³-hybridized carbons (Fsp3) is 0.533. The van der Waals surface area contributed by atoms with Crippen molar-refractivity contribution in [3.05, 3.63) is 30.3 Å². The van der Waals surface area contributed by atoms with Gasteiger partial charge >= 0.3 is 0 Å². The molecule has 4 nitrogen and oxygen atoms in total. The van der Waals surface area contributed by atoms with Crippen LogP contribution in [-0.2, 0) is 0 Å². The highest BCUT2D eigenvalue weighted by molar-refractivity contribution is 14.0. The van der Waals surface area contributed by atoms with Gasteiger partial charge in [-0.1, -0.05) is 18.2 Å². The Morgan fingerprint density at radius 3 is 2.43 bits per heavy atom. The van der Waals surface area contributed by atoms with Crippen molar-refractivity contribution in [2.75, 3.05) is 46.5 Å². The number of guanidine groups is 1. The van der Waals surface area contributed by atoms with E-state index < -0.39 is 0 Å². The van der Waals surface area contributed by atoms with Crippen LogP contribution in [0.4, 0.5) is 0 Å². The Bertz CT molecular complexity index is 385. The van der Waals surface area contributed by atoms with Gasteiger partial charge in [0.1, 0.15) is 0 Å². The summed E-state index contributed by atoms with van der Waals surface area (Å²) in [5, 5.41) is 6.66. The molecule has 0 spiro atoms. The Morgan fingerprint density at radius 2 is 1.81 bits per heavy atom. The lowest BCUT2D eigenvalue weighted by molar-refractivity contribution is 0.399. The quantitative estimate of drug-likeness (QED) is 0.222. The number of nitrogens with one attached hydrogen (secondary N) is 2. The summed E-state index contributed by atoms with van der Waals surface area (Å²) >= 11 is 1.85. The Labute approximate surface area is 150 Å². The fourth-order valence-corrected chi connectivity index (χ4v) is 2.47. The minimum Gasteiger partial charge on any atom is -0.356 e. The highest BCUT2D eigenvalue weighted by Gasteiger charge is 1.98. The van der Waals surface area contributed by atoms with E-state index in [2.05, 4.69) is 58.9 Å². The molecule has 0 heterocycles. The van der Waals surface area contributed by atoms with E-state index in [4.69, 9.17) is 0 Å². The average Bonchev–Trinajstić information content (AvgIpc) is 2.46. The first-order valence-corrected chi connectivity index (χ1v) is 7.98. The second kappa shape index (κ2) is 13.2. The second-order valence-electron chi connectivity index (χ2n) is 4.74. The Balaban J connectivity index is 0.00000400. The standard InChI is InChI=1S/C15H26N4S.HI/c1-16-15(17-10-7-12-19(2)3)18-11-13-20-14-8-5-4-6-9-14;/h4-6,8-9H,7,10-13H2,1-3H3,(H2,16,17,18);1H. The van der Waals surface area contributed by atoms with Crippen LogP contribution in [0, 0.1) is 0 Å². The number of benzene rings is 1. The zero-order chi connectivity index (χ0) is 14.6. The van der Waals surface area contributed by atoms with E-state index in [1.807, 2.05) is 24.9 Å². The molecule has 1 aromatic carbocycles. The summed E-state index contributed by atoms with van der Waals surface area (Å²) in [6, 6.07) is 10.5. The predicted molar refractivity (Wildman–Crippen MR) is 105 cm³/mol. The van der Waals surface area contributed by atoms with Gasteiger partial charge in [-0.15, -0.1) is 35.7 Å². The van der Waals surface area contributed by atoms with E-state index in [0.717, 1.165) is 37.8 Å². The van der Waals surface area contributed by atoms with Crippen LogP contribution in [0.2, 0.25) is 0 Å². The van der Waals surface area contributed by atoms with Crippen molar-refractivity contribution in [2.45, 2.75) is 11.3 Å². The third kappa shape index (κ3) is 10.8. The van der Waals surface area contributed by atoms with Crippen molar-refractivity contribution >= 4 is 41.7 Å². The molecular weight excluding hydrogens is 395 g/mol. The first-order chi connectivity index (χ1) is 9.72. The van der Waals surface area contributed by atoms with Gasteiger partial charge in [-0.3, -0.25) is 4.99 Å². The summed E-state index contributed by atoms with van der Waals surface area (Å²) < 4.78 is 0. The Morgan fingerprint density at radius 1 is 1.14 bits per heavy atom. The molecule has 0 fully saturated rings. The third-order valence-electron chi connectivity index (χ3n) is 2.70. The van der Waals surface area contributed by atoms with E-state index in [9.17, 15) is 0 Å². The van der Waals surface area contributed by atoms with Crippen LogP contribution in [0.1, 0.15) is 6.42 Å². The Hall–Kier alpha value is -0.470. The van der Waals surface area contributed by atoms with Crippen molar-refractivity contribution in [2.24, 2.45) is 4.99 Å². The molecule has 0 aliphatic carbocycles. The maximum absolute atomic E-state index is 4.22. The number of hydrogen-bond donors (Lipinski definition) is 2. The third-order valence-corrected chi connectivity index (χ3v) is 3.72. The lowest BCUT2D eigenvalue weighted by Crippen LogP contribution is -2.39. The largest absolute Gasteiger partial charge is 0.356 e. The first kappa shape index (κ1) is 20.5. The first-order valence-electron chi connectivity index (χ1n) is 6.99. The van der Waals surface area contributed by atoms with Crippen LogP contribution >= 0.6 is 35.7 Å². The molecule has 21 heavy (non-hydrogen) atoms. The minimum atomic E-state index is 0. The maximum atomic E-state index is 4.22. The van der Waals surface area contributed by atoms with Crippen LogP contribution in [0.15, 0.2) is 40.2 Å². The number of nitrogens with zero attached hydrogens (tertiary/aromatic N) is 2. The van der Waals surface area contributed by atoms with Gasteiger partial charge in [-0.25, -0.2) is 0 Å². The topological polar surface area (TPSA) is 39.7 Å². The number of thioether (sulfide) groups is 1. The van der Waals surface area contributed by atoms with Crippen molar-refractivity contribution in [3.8, 4) is 0 Å². The second-order valence-corrected chi connectivity index (χ2v) is 5.91. The Kier molecular flexibility index (Phi) is 12.9. The zero-order valence-electron chi connectivity index (χ0n) is 13.1. The van der Waals surface area contributed by atoms with Crippen LogP contribution in [0.5, 0.6) is 0 Å². The molecule has 0 aliphatic rings. The molecule has 0 bridgehead atoms. The maximum Gasteiger partial charge on any atom is 0.191 e. The van der Waals surface area contributed by atoms with Gasteiger partial charge in [-0.2, -0.15) is 0 Å². The van der Waals surface area contributed by atoms with Crippen molar-refractivity contribution in [1.29, 1.82) is 0 Å². The van der Waals surface area contributed by atoms with Crippen LogP contribution in [0.25, 0.3) is 0 Å². The molecule has 0 aliphatic heterocycles. The van der Waals surface area contributed by atoms with Gasteiger partial charge in [-0.05, 0) is 39.2 Å². The lowest BCUT2D eigenvalue weighted by atomic mass is 10.4. The molecule has 1 rings (SSSR count). The van der Waals surface area contributed by atoms with Gasteiger partial charge in [0.15, 0.2) is 5.96 Å². The van der Waals surface area contributed by atoms with Crippen molar-refractivity contribution in [1.82, 2.24) is 15.5 Å². The highest BCUT2D eigenvalue weighted by atomic mass is 127. The van der Waals surface area contributed by atoms with Gasteiger partial charge in [0.05, 0.1) is 0 Å². The van der Waals surface area contributed by atoms with Crippen LogP contribution in [-0.4, -0.2) is 57.4 Å². The zero-order valence-corrected chi connectivity index (χ0v) is 16.3. The molecule has 0 radical (unpaired) electrons. The van der Waals surface area contributed by atoms with Crippen molar-refractivity contribution in [3.63, 3.8) is 0 Å². The molecule has 0 atom stereocenters. The average molecular weight is 422 g/mol. The molecule has 0 saturated heterocycles. The normalized spacial score (nSPS) is 11.1. The number of hydrogen-bond acceptors (Lipinski definition) is 3. The number of halogens is 1. The van der Waals surface area contributed by atoms with E-state index in [0.29, 0.717) is 0 Å². The summed E-state index contributed by atoms with van der Waals surface area (Å²) in [6.07, 6.45) is 1.12. The predicted octanol–water partition coefficient (Wildman–Crippen LogP) is 2.51. The summed E-state index contributed by atoms with van der Waals surface area (Å²) in [6.45, 7) is 2.95. The minimum absolute atomic E-state index is 0. The smallest absolute Gasteiger partial charge is 0.191 e. The molecule has 6 heteroatoms. The summed E-state index contributed by atoms with van der Waals surface area (Å²) in [7, 11) is 5.99. The van der Waals surface area contributed by atoms with Crippen LogP contribution < -0.4 is 10.6 Å². The molecule has 2 N–H and O–H groups in total. The van der Waals surface area contributed by atoms with E-state index in [-0.39, 0.29) is 24.0 Å². The highest BCUT2D eigenvalue weighted by Crippen LogP contribution is 2.15. The van der Waals surface area contributed by atoms with E-state index >= 15 is 0 Å². The summed E-state index contributed by atoms with van der Waals surface area (Å²) in [4.78, 5) is 7.72. The van der Waals surface area contributed by atoms with Gasteiger partial charge in [0.25, 0.3) is 0 Å². The number of aliphatic imine (C=N–C) groups is 1. The van der Waals surface area contributed by atoms with Gasteiger partial charge < -0.3 is 15.5 Å². The molecule has 0 aromatic heterocycles. The number of rotatable bonds is 8. The SMILES string of the molecule is CN=C(NCCCN(C)C)NCCSc1ccccc1.I. The molecule has 120 valence electrons. The molecule has 1 aromatic rings. The van der Waals surface area contributed by atoms with Crippen LogP contribution in [0.3, 0.4) is 0 Å². The molecule has 0 amide bonds.